The van der Waals surface area contributed by atoms with E-state index in [0.29, 0.717) is 21.5 Å². The fourth-order valence-electron chi connectivity index (χ4n) is 2.38. The van der Waals surface area contributed by atoms with Crippen LogP contribution in [0.1, 0.15) is 55.3 Å². The number of thiophene rings is 1. The average molecular weight is 291 g/mol. The van der Waals surface area contributed by atoms with Gasteiger partial charge < -0.3 is 11.1 Å². The number of nitrogens with two attached hydrogens (primary N) is 1. The molecule has 1 heterocycles. The molecule has 1 fully saturated rings. The van der Waals surface area contributed by atoms with E-state index in [1.807, 2.05) is 13.8 Å². The molecule has 1 aliphatic carbocycles. The van der Waals surface area contributed by atoms with E-state index in [2.05, 4.69) is 18.3 Å². The van der Waals surface area contributed by atoms with Crippen LogP contribution >= 0.6 is 11.3 Å². The lowest BCUT2D eigenvalue weighted by atomic mass is 9.70. The van der Waals surface area contributed by atoms with Gasteiger partial charge >= 0.3 is 0 Å². The van der Waals surface area contributed by atoms with Gasteiger partial charge in [0.1, 0.15) is 16.6 Å². The largest absolute Gasteiger partial charge is 0.396 e. The van der Waals surface area contributed by atoms with Crippen LogP contribution in [-0.4, -0.2) is 12.3 Å². The maximum absolute atomic E-state index is 12.1. The monoisotopic (exact) mass is 291 g/mol. The molecule has 1 aliphatic rings. The molecule has 0 aromatic carbocycles. The Bertz CT molecular complexity index is 564. The number of nitrogens with zero attached hydrogens (tertiary/aromatic N) is 1. The molecule has 4 nitrogen and oxygen atoms in total. The lowest BCUT2D eigenvalue weighted by Crippen LogP contribution is -2.33. The Morgan fingerprint density at radius 2 is 2.20 bits per heavy atom. The zero-order valence-corrected chi connectivity index (χ0v) is 13.1. The van der Waals surface area contributed by atoms with Crippen LogP contribution < -0.4 is 11.1 Å². The van der Waals surface area contributed by atoms with E-state index in [-0.39, 0.29) is 11.7 Å². The highest BCUT2D eigenvalue weighted by molar-refractivity contribution is 7.19. The second-order valence-corrected chi connectivity index (χ2v) is 7.22. The van der Waals surface area contributed by atoms with Crippen LogP contribution in [0.25, 0.3) is 0 Å². The van der Waals surface area contributed by atoms with Crippen LogP contribution in [0.4, 0.5) is 10.7 Å². The van der Waals surface area contributed by atoms with E-state index < -0.39 is 0 Å². The Morgan fingerprint density at radius 1 is 1.55 bits per heavy atom. The molecule has 0 saturated heterocycles. The van der Waals surface area contributed by atoms with E-state index in [1.165, 1.54) is 30.6 Å². The van der Waals surface area contributed by atoms with Gasteiger partial charge in [-0.3, -0.25) is 4.79 Å². The molecule has 0 unspecified atom stereocenters. The lowest BCUT2D eigenvalue weighted by Gasteiger charge is -2.38. The molecule has 3 N–H and O–H groups in total. The van der Waals surface area contributed by atoms with E-state index in [0.717, 1.165) is 11.5 Å². The first-order valence-corrected chi connectivity index (χ1v) is 7.80. The summed E-state index contributed by atoms with van der Waals surface area (Å²) in [5.74, 6) is -0.105. The number of hydrogen-bond acceptors (Lipinski definition) is 5. The summed E-state index contributed by atoms with van der Waals surface area (Å²) in [6.07, 6.45) is 3.69. The lowest BCUT2D eigenvalue weighted by molar-refractivity contribution is 0.0944. The van der Waals surface area contributed by atoms with Gasteiger partial charge in [0.15, 0.2) is 5.78 Å². The minimum atomic E-state index is -0.112. The topological polar surface area (TPSA) is 78.9 Å². The minimum absolute atomic E-state index is 0.00639. The number of carbonyl (C=O) groups is 1. The standard InChI is InChI=1S/C15H21N3OS/c1-9(2)12(19)13-11(17)10(7-16)14(20-13)18-8-15(3)5-4-6-15/h9,18H,4-6,8,17H2,1-3H3. The summed E-state index contributed by atoms with van der Waals surface area (Å²) in [6.45, 7) is 6.76. The predicted molar refractivity (Wildman–Crippen MR) is 83.1 cm³/mol. The molecule has 1 saturated carbocycles. The first kappa shape index (κ1) is 14.9. The summed E-state index contributed by atoms with van der Waals surface area (Å²) in [5.41, 5.74) is 7.03. The van der Waals surface area contributed by atoms with Crippen molar-refractivity contribution in [3.8, 4) is 6.07 Å². The molecule has 0 amide bonds. The molecule has 0 bridgehead atoms. The van der Waals surface area contributed by atoms with E-state index in [1.54, 1.807) is 0 Å². The van der Waals surface area contributed by atoms with Gasteiger partial charge in [-0.15, -0.1) is 11.3 Å². The number of hydrogen-bond donors (Lipinski definition) is 2. The fraction of sp³-hybridized carbons (Fsp3) is 0.600. The Hall–Kier alpha value is -1.54. The molecular weight excluding hydrogens is 270 g/mol. The molecule has 0 radical (unpaired) electrons. The molecule has 0 spiro atoms. The highest BCUT2D eigenvalue weighted by Gasteiger charge is 2.32. The summed E-state index contributed by atoms with van der Waals surface area (Å²) >= 11 is 1.31. The van der Waals surface area contributed by atoms with Gasteiger partial charge in [-0.1, -0.05) is 27.2 Å². The molecule has 20 heavy (non-hydrogen) atoms. The fourth-order valence-corrected chi connectivity index (χ4v) is 3.53. The van der Waals surface area contributed by atoms with E-state index in [4.69, 9.17) is 5.73 Å². The van der Waals surface area contributed by atoms with Crippen LogP contribution in [0.5, 0.6) is 0 Å². The van der Waals surface area contributed by atoms with Crippen LogP contribution in [0.2, 0.25) is 0 Å². The molecule has 1 aromatic heterocycles. The maximum atomic E-state index is 12.1. The van der Waals surface area contributed by atoms with Crippen LogP contribution in [0.3, 0.4) is 0 Å². The number of Topliss-reactive ketones (excluding diaryl/α,β-unsaturated/α-hetero) is 1. The summed E-state index contributed by atoms with van der Waals surface area (Å²) in [6, 6.07) is 2.12. The van der Waals surface area contributed by atoms with E-state index in [9.17, 15) is 10.1 Å². The number of ketones is 1. The number of nitriles is 1. The van der Waals surface area contributed by atoms with Crippen molar-refractivity contribution in [2.24, 2.45) is 11.3 Å². The van der Waals surface area contributed by atoms with Crippen molar-refractivity contribution in [1.29, 1.82) is 5.26 Å². The van der Waals surface area contributed by atoms with Crippen molar-refractivity contribution >= 4 is 27.8 Å². The number of rotatable bonds is 5. The molecule has 2 rings (SSSR count). The molecule has 1 aromatic rings. The predicted octanol–water partition coefficient (Wildman–Crippen LogP) is 3.64. The molecular formula is C15H21N3OS. The zero-order chi connectivity index (χ0) is 14.9. The highest BCUT2D eigenvalue weighted by Crippen LogP contribution is 2.42. The first-order valence-electron chi connectivity index (χ1n) is 6.98. The van der Waals surface area contributed by atoms with Gasteiger partial charge in [0.25, 0.3) is 0 Å². The number of anilines is 2. The summed E-state index contributed by atoms with van der Waals surface area (Å²) in [4.78, 5) is 12.6. The minimum Gasteiger partial charge on any atom is -0.396 e. The number of carbonyl (C=O) groups excluding carboxylic acids is 1. The second-order valence-electron chi connectivity index (χ2n) is 6.20. The van der Waals surface area contributed by atoms with Gasteiger partial charge in [0, 0.05) is 12.5 Å². The Morgan fingerprint density at radius 3 is 2.65 bits per heavy atom. The van der Waals surface area contributed by atoms with Gasteiger partial charge in [-0.05, 0) is 18.3 Å². The first-order chi connectivity index (χ1) is 9.38. The summed E-state index contributed by atoms with van der Waals surface area (Å²) < 4.78 is 0. The Balaban J connectivity index is 2.22. The van der Waals surface area contributed by atoms with Gasteiger partial charge in [-0.25, -0.2) is 0 Å². The molecule has 0 atom stereocenters. The Labute approximate surface area is 124 Å². The summed E-state index contributed by atoms with van der Waals surface area (Å²) in [7, 11) is 0. The van der Waals surface area contributed by atoms with Crippen molar-refractivity contribution in [2.45, 2.75) is 40.0 Å². The van der Waals surface area contributed by atoms with Crippen molar-refractivity contribution in [1.82, 2.24) is 0 Å². The third-order valence-corrected chi connectivity index (χ3v) is 5.22. The average Bonchev–Trinajstić information content (AvgIpc) is 2.69. The quantitative estimate of drug-likeness (QED) is 0.812. The van der Waals surface area contributed by atoms with Crippen molar-refractivity contribution in [2.75, 3.05) is 17.6 Å². The Kier molecular flexibility index (Phi) is 4.05. The van der Waals surface area contributed by atoms with Gasteiger partial charge in [0.2, 0.25) is 0 Å². The maximum Gasteiger partial charge on any atom is 0.177 e. The van der Waals surface area contributed by atoms with Gasteiger partial charge in [0.05, 0.1) is 10.6 Å². The third-order valence-electron chi connectivity index (χ3n) is 4.04. The van der Waals surface area contributed by atoms with Crippen LogP contribution in [0, 0.1) is 22.7 Å². The van der Waals surface area contributed by atoms with Crippen LogP contribution in [-0.2, 0) is 0 Å². The van der Waals surface area contributed by atoms with Gasteiger partial charge in [-0.2, -0.15) is 5.26 Å². The van der Waals surface area contributed by atoms with E-state index >= 15 is 0 Å². The molecule has 108 valence electrons. The van der Waals surface area contributed by atoms with Crippen LogP contribution in [0.15, 0.2) is 0 Å². The second kappa shape index (κ2) is 5.45. The number of nitrogens with one attached hydrogen (secondary N) is 1. The number of nitrogen functional groups attached to an aromatic ring is 1. The molecule has 0 aliphatic heterocycles. The van der Waals surface area contributed by atoms with Crippen molar-refractivity contribution in [3.63, 3.8) is 0 Å². The smallest absolute Gasteiger partial charge is 0.177 e. The van der Waals surface area contributed by atoms with Crippen molar-refractivity contribution in [3.05, 3.63) is 10.4 Å². The zero-order valence-electron chi connectivity index (χ0n) is 12.2. The third kappa shape index (κ3) is 2.66. The molecule has 5 heteroatoms. The SMILES string of the molecule is CC(C)C(=O)c1sc(NCC2(C)CCC2)c(C#N)c1N. The summed E-state index contributed by atoms with van der Waals surface area (Å²) in [5, 5.41) is 13.3. The highest BCUT2D eigenvalue weighted by atomic mass is 32.1. The normalized spacial score (nSPS) is 16.6. The van der Waals surface area contributed by atoms with Crippen molar-refractivity contribution < 1.29 is 4.79 Å².